The molecule has 35 heavy (non-hydrogen) atoms. The zero-order chi connectivity index (χ0) is 27.3. The predicted molar refractivity (Wildman–Crippen MR) is 104 cm³/mol. The highest BCUT2D eigenvalue weighted by atomic mass is 32.2. The second kappa shape index (κ2) is 10.7. The standard InChI is InChI=1S/C16H20N.C4HF9O4S/c1-17(2,13-15-9-5-3-6-10-15)14-16-11-7-4-8-12-16;5-1(6,7)2(8,9)17-3(10,11)4(12,13)18(14,15)16/h3-12H,13-14H2,1-2H3;(H,14,15,16)/q+1;/p-1. The van der Waals surface area contributed by atoms with E-state index in [0.29, 0.717) is 0 Å². The fourth-order valence-corrected chi connectivity index (χ4v) is 2.97. The second-order valence-corrected chi connectivity index (χ2v) is 9.25. The van der Waals surface area contributed by atoms with Crippen molar-refractivity contribution in [3.05, 3.63) is 71.8 Å². The molecule has 0 heterocycles. The SMILES string of the molecule is C[N+](C)(Cc1ccccc1)Cc1ccccc1.O=S(=O)([O-])C(F)(F)C(F)(F)OC(F)(F)C(F)(F)F. The van der Waals surface area contributed by atoms with Gasteiger partial charge in [0.05, 0.1) is 14.1 Å². The van der Waals surface area contributed by atoms with Crippen LogP contribution in [0.1, 0.15) is 11.1 Å². The Morgan fingerprint density at radius 1 is 0.714 bits per heavy atom. The fraction of sp³-hybridized carbons (Fsp3) is 0.400. The highest BCUT2D eigenvalue weighted by Crippen LogP contribution is 2.46. The van der Waals surface area contributed by atoms with Gasteiger partial charge in [-0.25, -0.2) is 13.2 Å². The molecule has 0 saturated carbocycles. The molecule has 0 N–H and O–H groups in total. The van der Waals surface area contributed by atoms with E-state index in [1.807, 2.05) is 0 Å². The monoisotopic (exact) mass is 541 g/mol. The molecule has 0 unspecified atom stereocenters. The molecule has 0 aliphatic carbocycles. The van der Waals surface area contributed by atoms with Gasteiger partial charge in [0, 0.05) is 11.1 Å². The third kappa shape index (κ3) is 8.66. The Hall–Kier alpha value is -2.36. The van der Waals surface area contributed by atoms with Crippen molar-refractivity contribution in [1.29, 1.82) is 0 Å². The zero-order valence-electron chi connectivity index (χ0n) is 18.1. The van der Waals surface area contributed by atoms with E-state index in [0.717, 1.165) is 17.6 Å². The minimum atomic E-state index is -7.24. The number of halogens is 9. The van der Waals surface area contributed by atoms with E-state index in [1.54, 1.807) is 0 Å². The summed E-state index contributed by atoms with van der Waals surface area (Å²) in [5, 5.41) is -6.81. The first-order chi connectivity index (χ1) is 15.6. The molecule has 0 bridgehead atoms. The van der Waals surface area contributed by atoms with Crippen molar-refractivity contribution in [2.24, 2.45) is 0 Å². The van der Waals surface area contributed by atoms with Gasteiger partial charge in [0.2, 0.25) is 0 Å². The summed E-state index contributed by atoms with van der Waals surface area (Å²) < 4.78 is 138. The molecule has 2 aromatic carbocycles. The number of hydrogen-bond acceptors (Lipinski definition) is 4. The molecule has 5 nitrogen and oxygen atoms in total. The summed E-state index contributed by atoms with van der Waals surface area (Å²) in [4.78, 5) is 0. The van der Waals surface area contributed by atoms with Gasteiger partial charge >= 0.3 is 23.6 Å². The molecule has 0 aliphatic heterocycles. The molecule has 0 aliphatic rings. The minimum absolute atomic E-state index is 0.980. The van der Waals surface area contributed by atoms with Gasteiger partial charge in [-0.15, -0.1) is 0 Å². The summed E-state index contributed by atoms with van der Waals surface area (Å²) in [6, 6.07) is 21.4. The number of alkyl halides is 9. The van der Waals surface area contributed by atoms with Crippen molar-refractivity contribution in [2.45, 2.75) is 36.7 Å². The van der Waals surface area contributed by atoms with E-state index in [1.165, 1.54) is 15.9 Å². The normalized spacial score (nSPS) is 13.7. The Kier molecular flexibility index (Phi) is 9.39. The molecule has 0 amide bonds. The highest BCUT2D eigenvalue weighted by molar-refractivity contribution is 7.86. The lowest BCUT2D eigenvalue weighted by molar-refractivity contribution is -0.916. The van der Waals surface area contributed by atoms with E-state index in [4.69, 9.17) is 0 Å². The van der Waals surface area contributed by atoms with Crippen molar-refractivity contribution in [3.63, 3.8) is 0 Å². The fourth-order valence-electron chi connectivity index (χ4n) is 2.64. The molecule has 0 spiro atoms. The van der Waals surface area contributed by atoms with Crippen LogP contribution in [0, 0.1) is 0 Å². The van der Waals surface area contributed by atoms with Gasteiger partial charge in [-0.1, -0.05) is 60.7 Å². The number of benzene rings is 2. The average molecular weight is 541 g/mol. The minimum Gasteiger partial charge on any atom is -0.743 e. The van der Waals surface area contributed by atoms with Gasteiger partial charge in [-0.3, -0.25) is 0 Å². The molecule has 15 heteroatoms. The van der Waals surface area contributed by atoms with Crippen LogP contribution in [0.25, 0.3) is 0 Å². The van der Waals surface area contributed by atoms with Crippen molar-refractivity contribution >= 4 is 10.1 Å². The number of hydrogen-bond donors (Lipinski definition) is 0. The third-order valence-electron chi connectivity index (χ3n) is 4.15. The molecule has 0 saturated heterocycles. The van der Waals surface area contributed by atoms with E-state index >= 15 is 0 Å². The second-order valence-electron chi connectivity index (χ2n) is 7.83. The lowest BCUT2D eigenvalue weighted by Crippen LogP contribution is -2.54. The van der Waals surface area contributed by atoms with Gasteiger partial charge in [-0.05, 0) is 0 Å². The first-order valence-electron chi connectivity index (χ1n) is 9.37. The van der Waals surface area contributed by atoms with E-state index in [9.17, 15) is 52.5 Å². The Bertz CT molecular complexity index is 1000. The van der Waals surface area contributed by atoms with Crippen molar-refractivity contribution in [2.75, 3.05) is 14.1 Å². The van der Waals surface area contributed by atoms with Crippen LogP contribution in [0.2, 0.25) is 0 Å². The Balaban J connectivity index is 0.000000350. The lowest BCUT2D eigenvalue weighted by Gasteiger charge is -2.31. The maximum absolute atomic E-state index is 12.2. The van der Waals surface area contributed by atoms with Crippen LogP contribution in [-0.4, -0.2) is 55.2 Å². The maximum Gasteiger partial charge on any atom is 0.483 e. The van der Waals surface area contributed by atoms with Crippen LogP contribution < -0.4 is 0 Å². The van der Waals surface area contributed by atoms with Crippen LogP contribution in [0.15, 0.2) is 60.7 Å². The summed E-state index contributed by atoms with van der Waals surface area (Å²) >= 11 is 0. The summed E-state index contributed by atoms with van der Waals surface area (Å²) in [6.45, 7) is 2.13. The van der Waals surface area contributed by atoms with Gasteiger partial charge in [0.15, 0.2) is 10.1 Å². The molecule has 0 fully saturated rings. The van der Waals surface area contributed by atoms with Crippen LogP contribution in [0.4, 0.5) is 39.5 Å². The molecule has 0 atom stereocenters. The number of ether oxygens (including phenoxy) is 1. The smallest absolute Gasteiger partial charge is 0.483 e. The summed E-state index contributed by atoms with van der Waals surface area (Å²) in [6.07, 6.45) is -20.5. The Morgan fingerprint density at radius 2 is 1.06 bits per heavy atom. The highest BCUT2D eigenvalue weighted by Gasteiger charge is 2.72. The Labute approximate surface area is 195 Å². The van der Waals surface area contributed by atoms with Crippen LogP contribution >= 0.6 is 0 Å². The average Bonchev–Trinajstić information content (AvgIpc) is 2.66. The van der Waals surface area contributed by atoms with E-state index in [-0.39, 0.29) is 0 Å². The van der Waals surface area contributed by atoms with Crippen LogP contribution in [0.3, 0.4) is 0 Å². The van der Waals surface area contributed by atoms with E-state index < -0.39 is 33.8 Å². The topological polar surface area (TPSA) is 66.4 Å². The first-order valence-corrected chi connectivity index (χ1v) is 10.8. The van der Waals surface area contributed by atoms with Gasteiger partial charge in [-0.2, -0.15) is 39.5 Å². The number of nitrogens with zero attached hydrogens (tertiary/aromatic N) is 1. The third-order valence-corrected chi connectivity index (χ3v) is 5.01. The maximum atomic E-state index is 12.2. The summed E-state index contributed by atoms with van der Waals surface area (Å²) in [5.41, 5.74) is 2.79. The van der Waals surface area contributed by atoms with Crippen LogP contribution in [0.5, 0.6) is 0 Å². The molecular formula is C20H20F9NO4S. The van der Waals surface area contributed by atoms with E-state index in [2.05, 4.69) is 74.8 Å². The molecule has 0 aromatic heterocycles. The quantitative estimate of drug-likeness (QED) is 0.257. The summed E-state index contributed by atoms with van der Waals surface area (Å²) in [7, 11) is -2.68. The summed E-state index contributed by atoms with van der Waals surface area (Å²) in [5.74, 6) is 0. The zero-order valence-corrected chi connectivity index (χ0v) is 18.9. The first kappa shape index (κ1) is 30.7. The van der Waals surface area contributed by atoms with Gasteiger partial charge < -0.3 is 9.04 Å². The largest absolute Gasteiger partial charge is 0.743 e. The molecule has 0 radical (unpaired) electrons. The van der Waals surface area contributed by atoms with Crippen molar-refractivity contribution in [1.82, 2.24) is 0 Å². The lowest BCUT2D eigenvalue weighted by atomic mass is 10.1. The molecular weight excluding hydrogens is 521 g/mol. The van der Waals surface area contributed by atoms with Gasteiger partial charge in [0.25, 0.3) is 0 Å². The van der Waals surface area contributed by atoms with Gasteiger partial charge in [0.1, 0.15) is 13.1 Å². The Morgan fingerprint density at radius 3 is 1.34 bits per heavy atom. The molecule has 198 valence electrons. The molecule has 2 aromatic rings. The van der Waals surface area contributed by atoms with Crippen molar-refractivity contribution in [3.8, 4) is 0 Å². The number of quaternary nitrogens is 1. The molecule has 2 rings (SSSR count). The predicted octanol–water partition coefficient (Wildman–Crippen LogP) is 5.35. The number of rotatable bonds is 8. The van der Waals surface area contributed by atoms with Crippen LogP contribution in [-0.2, 0) is 27.9 Å². The van der Waals surface area contributed by atoms with Crippen molar-refractivity contribution < 1.29 is 61.7 Å².